The Bertz CT molecular complexity index is 623. The molecule has 2 aromatic rings. The molecular weight excluding hydrogens is 365 g/mol. The van der Waals surface area contributed by atoms with Crippen molar-refractivity contribution in [3.05, 3.63) is 62.7 Å². The van der Waals surface area contributed by atoms with Crippen LogP contribution in [0.5, 0.6) is 5.75 Å². The Labute approximate surface area is 132 Å². The zero-order valence-electron chi connectivity index (χ0n) is 11.4. The van der Waals surface area contributed by atoms with Crippen LogP contribution in [0.2, 0.25) is 0 Å². The molecule has 104 valence electrons. The van der Waals surface area contributed by atoms with Crippen molar-refractivity contribution in [1.82, 2.24) is 5.32 Å². The van der Waals surface area contributed by atoms with Crippen LogP contribution in [0.4, 0.5) is 0 Å². The van der Waals surface area contributed by atoms with E-state index in [1.165, 1.54) is 11.6 Å². The maximum Gasteiger partial charge on any atom is 0.251 e. The average molecular weight is 381 g/mol. The number of amides is 1. The summed E-state index contributed by atoms with van der Waals surface area (Å²) in [4.78, 5) is 12.1. The summed E-state index contributed by atoms with van der Waals surface area (Å²) in [6, 6.07) is 12.9. The summed E-state index contributed by atoms with van der Waals surface area (Å²) in [7, 11) is 0. The third kappa shape index (κ3) is 3.50. The molecule has 1 unspecified atom stereocenters. The molecule has 0 spiro atoms. The largest absolute Gasteiger partial charge is 0.507 e. The van der Waals surface area contributed by atoms with Crippen LogP contribution in [0.3, 0.4) is 0 Å². The minimum Gasteiger partial charge on any atom is -0.507 e. The van der Waals surface area contributed by atoms with Gasteiger partial charge in [0.25, 0.3) is 5.91 Å². The highest BCUT2D eigenvalue weighted by atomic mass is 127. The van der Waals surface area contributed by atoms with Gasteiger partial charge in [0, 0.05) is 5.56 Å². The first-order chi connectivity index (χ1) is 9.47. The lowest BCUT2D eigenvalue weighted by atomic mass is 10.1. The van der Waals surface area contributed by atoms with E-state index in [9.17, 15) is 9.90 Å². The van der Waals surface area contributed by atoms with Crippen LogP contribution in [-0.2, 0) is 0 Å². The molecule has 0 aromatic heterocycles. The molecule has 0 heterocycles. The predicted molar refractivity (Wildman–Crippen MR) is 87.9 cm³/mol. The van der Waals surface area contributed by atoms with E-state index in [-0.39, 0.29) is 17.7 Å². The van der Waals surface area contributed by atoms with Gasteiger partial charge in [-0.05, 0) is 60.2 Å². The van der Waals surface area contributed by atoms with E-state index in [4.69, 9.17) is 0 Å². The molecule has 1 amide bonds. The Morgan fingerprint density at radius 1 is 1.20 bits per heavy atom. The summed E-state index contributed by atoms with van der Waals surface area (Å²) < 4.78 is 0.728. The number of phenols is 1. The fourth-order valence-electron chi connectivity index (χ4n) is 1.87. The first kappa shape index (κ1) is 14.8. The second kappa shape index (κ2) is 6.26. The lowest BCUT2D eigenvalue weighted by Crippen LogP contribution is -2.26. The van der Waals surface area contributed by atoms with Crippen LogP contribution in [-0.4, -0.2) is 11.0 Å². The molecule has 0 bridgehead atoms. The summed E-state index contributed by atoms with van der Waals surface area (Å²) in [5, 5.41) is 12.6. The zero-order chi connectivity index (χ0) is 14.7. The lowest BCUT2D eigenvalue weighted by Gasteiger charge is -2.15. The Morgan fingerprint density at radius 2 is 1.85 bits per heavy atom. The van der Waals surface area contributed by atoms with Gasteiger partial charge in [0.05, 0.1) is 9.61 Å². The topological polar surface area (TPSA) is 49.3 Å². The number of aryl methyl sites for hydroxylation is 1. The van der Waals surface area contributed by atoms with Crippen molar-refractivity contribution in [2.24, 2.45) is 0 Å². The van der Waals surface area contributed by atoms with Crippen LogP contribution in [0, 0.1) is 10.5 Å². The van der Waals surface area contributed by atoms with Crippen molar-refractivity contribution in [1.29, 1.82) is 0 Å². The van der Waals surface area contributed by atoms with E-state index in [1.807, 2.05) is 60.7 Å². The molecule has 0 radical (unpaired) electrons. The van der Waals surface area contributed by atoms with Crippen LogP contribution in [0.15, 0.2) is 42.5 Å². The lowest BCUT2D eigenvalue weighted by molar-refractivity contribution is 0.0939. The third-order valence-electron chi connectivity index (χ3n) is 3.13. The molecule has 0 aliphatic carbocycles. The van der Waals surface area contributed by atoms with Gasteiger partial charge < -0.3 is 10.4 Å². The minimum absolute atomic E-state index is 0.0791. The molecule has 0 saturated heterocycles. The van der Waals surface area contributed by atoms with E-state index in [0.29, 0.717) is 5.56 Å². The number of nitrogens with one attached hydrogen (secondary N) is 1. The van der Waals surface area contributed by atoms with Crippen LogP contribution >= 0.6 is 22.6 Å². The maximum absolute atomic E-state index is 12.1. The van der Waals surface area contributed by atoms with Crippen molar-refractivity contribution in [3.63, 3.8) is 0 Å². The number of phenolic OH excluding ortho intramolecular Hbond substituents is 1. The molecule has 3 nitrogen and oxygen atoms in total. The second-order valence-corrected chi connectivity index (χ2v) is 5.93. The molecule has 0 aliphatic heterocycles. The van der Waals surface area contributed by atoms with Crippen molar-refractivity contribution in [2.45, 2.75) is 19.9 Å². The van der Waals surface area contributed by atoms with Crippen molar-refractivity contribution in [3.8, 4) is 5.75 Å². The molecule has 4 heteroatoms. The van der Waals surface area contributed by atoms with Gasteiger partial charge in [0.1, 0.15) is 5.75 Å². The van der Waals surface area contributed by atoms with E-state index in [0.717, 1.165) is 9.13 Å². The molecule has 2 N–H and O–H groups in total. The van der Waals surface area contributed by atoms with Gasteiger partial charge >= 0.3 is 0 Å². The van der Waals surface area contributed by atoms with Crippen molar-refractivity contribution in [2.75, 3.05) is 0 Å². The second-order valence-electron chi connectivity index (χ2n) is 4.77. The Morgan fingerprint density at radius 3 is 2.45 bits per heavy atom. The fourth-order valence-corrected chi connectivity index (χ4v) is 2.21. The Balaban J connectivity index is 2.10. The SMILES string of the molecule is Cc1ccc(C(C)NC(=O)c2ccc(I)c(O)c2)cc1. The number of aromatic hydroxyl groups is 1. The first-order valence-corrected chi connectivity index (χ1v) is 7.41. The van der Waals surface area contributed by atoms with Gasteiger partial charge in [0.2, 0.25) is 0 Å². The standard InChI is InChI=1S/C16H16INO2/c1-10-3-5-12(6-4-10)11(2)18-16(20)13-7-8-14(17)15(19)9-13/h3-9,11,19H,1-2H3,(H,18,20). The minimum atomic E-state index is -0.190. The Kier molecular flexibility index (Phi) is 4.65. The van der Waals surface area contributed by atoms with E-state index < -0.39 is 0 Å². The maximum atomic E-state index is 12.1. The van der Waals surface area contributed by atoms with Gasteiger partial charge in [0.15, 0.2) is 0 Å². The molecular formula is C16H16INO2. The number of hydrogen-bond donors (Lipinski definition) is 2. The summed E-state index contributed by atoms with van der Waals surface area (Å²) >= 11 is 2.02. The third-order valence-corrected chi connectivity index (χ3v) is 4.05. The zero-order valence-corrected chi connectivity index (χ0v) is 13.5. The normalized spacial score (nSPS) is 11.9. The molecule has 0 aliphatic rings. The predicted octanol–water partition coefficient (Wildman–Crippen LogP) is 3.80. The summed E-state index contributed by atoms with van der Waals surface area (Å²) in [6.07, 6.45) is 0. The number of hydrogen-bond acceptors (Lipinski definition) is 2. The number of halogens is 1. The molecule has 2 aromatic carbocycles. The Hall–Kier alpha value is -1.56. The first-order valence-electron chi connectivity index (χ1n) is 6.33. The molecule has 20 heavy (non-hydrogen) atoms. The average Bonchev–Trinajstić information content (AvgIpc) is 2.42. The van der Waals surface area contributed by atoms with E-state index in [2.05, 4.69) is 5.32 Å². The molecule has 1 atom stereocenters. The van der Waals surface area contributed by atoms with Crippen LogP contribution in [0.1, 0.15) is 34.5 Å². The number of rotatable bonds is 3. The smallest absolute Gasteiger partial charge is 0.251 e. The van der Waals surface area contributed by atoms with Crippen LogP contribution in [0.25, 0.3) is 0 Å². The highest BCUT2D eigenvalue weighted by molar-refractivity contribution is 14.1. The van der Waals surface area contributed by atoms with Gasteiger partial charge in [-0.1, -0.05) is 29.8 Å². The van der Waals surface area contributed by atoms with E-state index >= 15 is 0 Å². The monoisotopic (exact) mass is 381 g/mol. The van der Waals surface area contributed by atoms with Crippen LogP contribution < -0.4 is 5.32 Å². The fraction of sp³-hybridized carbons (Fsp3) is 0.188. The number of benzene rings is 2. The van der Waals surface area contributed by atoms with Gasteiger partial charge in [-0.25, -0.2) is 0 Å². The number of carbonyl (C=O) groups excluding carboxylic acids is 1. The summed E-state index contributed by atoms with van der Waals surface area (Å²) in [5.41, 5.74) is 2.70. The molecule has 0 saturated carbocycles. The van der Waals surface area contributed by atoms with Gasteiger partial charge in [-0.2, -0.15) is 0 Å². The van der Waals surface area contributed by atoms with E-state index in [1.54, 1.807) is 12.1 Å². The van der Waals surface area contributed by atoms with Gasteiger partial charge in [-0.3, -0.25) is 4.79 Å². The highest BCUT2D eigenvalue weighted by Crippen LogP contribution is 2.21. The quantitative estimate of drug-likeness (QED) is 0.795. The van der Waals surface area contributed by atoms with Gasteiger partial charge in [-0.15, -0.1) is 0 Å². The molecule has 0 fully saturated rings. The molecule has 2 rings (SSSR count). The number of carbonyl (C=O) groups is 1. The van der Waals surface area contributed by atoms with Crippen molar-refractivity contribution < 1.29 is 9.90 Å². The van der Waals surface area contributed by atoms with Crippen molar-refractivity contribution >= 4 is 28.5 Å². The summed E-state index contributed by atoms with van der Waals surface area (Å²) in [6.45, 7) is 3.97. The summed E-state index contributed by atoms with van der Waals surface area (Å²) in [5.74, 6) is -0.0639. The highest BCUT2D eigenvalue weighted by Gasteiger charge is 2.12.